The van der Waals surface area contributed by atoms with Gasteiger partial charge in [0.15, 0.2) is 0 Å². The second kappa shape index (κ2) is 10.0. The van der Waals surface area contributed by atoms with Crippen molar-refractivity contribution in [3.63, 3.8) is 0 Å². The topological polar surface area (TPSA) is 0 Å². The molecule has 0 nitrogen and oxygen atoms in total. The van der Waals surface area contributed by atoms with E-state index in [0.29, 0.717) is 10.9 Å². The summed E-state index contributed by atoms with van der Waals surface area (Å²) >= 11 is 0. The molecule has 47 heavy (non-hydrogen) atoms. The molecule has 0 atom stereocenters. The number of hydrogen-bond acceptors (Lipinski definition) is 0. The Kier molecular flexibility index (Phi) is 3.41. The van der Waals surface area contributed by atoms with Gasteiger partial charge in [-0.15, -0.1) is 0 Å². The molecular formula is C47H30. The SMILES string of the molecule is [2H]c1c([2H])c([2H])c(-c2c3c([2H])c([2H])c([2H])c([2H])c3c(-c3ccc4ccc5c(-c6ccccc6)ccc6ccc3c4c65)c3c2c([2H])c([2H])c2c([2H])c([2H])c([2H])c(C)c23)c([2H])c1[2H]. The summed E-state index contributed by atoms with van der Waals surface area (Å²) in [5.41, 5.74) is 2.13. The fraction of sp³-hybridized carbons (Fsp3) is 0.0213. The molecule has 10 rings (SSSR count). The zero-order chi connectivity index (χ0) is 43.2. The van der Waals surface area contributed by atoms with Crippen molar-refractivity contribution in [2.45, 2.75) is 6.92 Å². The molecule has 0 saturated carbocycles. The number of hydrogen-bond donors (Lipinski definition) is 0. The minimum atomic E-state index is -0.709. The Hall–Kier alpha value is -5.98. The predicted molar refractivity (Wildman–Crippen MR) is 204 cm³/mol. The van der Waals surface area contributed by atoms with Crippen LogP contribution in [-0.2, 0) is 0 Å². The van der Waals surface area contributed by atoms with Gasteiger partial charge in [0.05, 0.1) is 19.2 Å². The Labute approximate surface area is 293 Å². The van der Waals surface area contributed by atoms with Crippen molar-refractivity contribution in [3.8, 4) is 33.4 Å². The molecule has 0 heteroatoms. The largest absolute Gasteiger partial charge is 0.0630 e. The van der Waals surface area contributed by atoms with E-state index in [1.54, 1.807) is 6.92 Å². The lowest BCUT2D eigenvalue weighted by atomic mass is 9.81. The summed E-state index contributed by atoms with van der Waals surface area (Å²) in [7, 11) is 0. The molecule has 0 aliphatic heterocycles. The van der Waals surface area contributed by atoms with Crippen molar-refractivity contribution in [2.24, 2.45) is 0 Å². The molecule has 0 radical (unpaired) electrons. The highest BCUT2D eigenvalue weighted by Crippen LogP contribution is 2.50. The number of aryl methyl sites for hydroxylation is 1. The quantitative estimate of drug-likeness (QED) is 0.138. The van der Waals surface area contributed by atoms with Gasteiger partial charge in [-0.25, -0.2) is 0 Å². The molecule has 0 saturated heterocycles. The first kappa shape index (κ1) is 16.0. The average Bonchev–Trinajstić information content (AvgIpc) is 3.27. The van der Waals surface area contributed by atoms with Crippen molar-refractivity contribution in [1.29, 1.82) is 0 Å². The Morgan fingerprint density at radius 2 is 1.00 bits per heavy atom. The Balaban J connectivity index is 1.55. The molecule has 0 unspecified atom stereocenters. The third-order valence-corrected chi connectivity index (χ3v) is 9.33. The molecule has 0 N–H and O–H groups in total. The normalized spacial score (nSPS) is 16.1. The Morgan fingerprint density at radius 1 is 0.362 bits per heavy atom. The summed E-state index contributed by atoms with van der Waals surface area (Å²) < 4.78 is 127. The zero-order valence-electron chi connectivity index (χ0n) is 39.0. The molecular weight excluding hydrogens is 565 g/mol. The van der Waals surface area contributed by atoms with Crippen LogP contribution in [0.2, 0.25) is 0 Å². The van der Waals surface area contributed by atoms with Gasteiger partial charge in [0, 0.05) is 0 Å². The highest BCUT2D eigenvalue weighted by Gasteiger charge is 2.22. The molecule has 0 aromatic heterocycles. The summed E-state index contributed by atoms with van der Waals surface area (Å²) in [6, 6.07) is 17.7. The maximum absolute atomic E-state index is 9.71. The number of rotatable bonds is 3. The fourth-order valence-corrected chi connectivity index (χ4v) is 7.38. The molecule has 0 aliphatic carbocycles. The van der Waals surface area contributed by atoms with Crippen LogP contribution < -0.4 is 0 Å². The number of benzene rings is 10. The van der Waals surface area contributed by atoms with Crippen LogP contribution >= 0.6 is 0 Å². The lowest BCUT2D eigenvalue weighted by Crippen LogP contribution is -1.94. The molecule has 0 amide bonds. The van der Waals surface area contributed by atoms with Crippen molar-refractivity contribution in [3.05, 3.63) is 169 Å². The van der Waals surface area contributed by atoms with Gasteiger partial charge < -0.3 is 0 Å². The summed E-state index contributed by atoms with van der Waals surface area (Å²) in [5, 5.41) is 4.89. The molecule has 0 aliphatic rings. The standard InChI is InChI=1S/C47H30/c1-29-11-10-16-32-23-28-41-43(31-14-6-3-7-15-31)36-17-8-9-18-37(36)46(47(41)42(29)32)40-27-22-34-20-25-38-35(30-12-4-2-5-13-30)24-19-33-21-26-39(40)45(34)44(33)38/h2-28H,1H3/i3D,6D,7D,8D,9D,10D,11D,14D,15D,16D,17D,18D,23D,28D. The van der Waals surface area contributed by atoms with Crippen LogP contribution in [0.4, 0.5) is 0 Å². The fourth-order valence-electron chi connectivity index (χ4n) is 7.38. The Bertz CT molecular complexity index is 3610. The van der Waals surface area contributed by atoms with Gasteiger partial charge in [-0.3, -0.25) is 0 Å². The third kappa shape index (κ3) is 3.76. The summed E-state index contributed by atoms with van der Waals surface area (Å²) in [6.45, 7) is 1.55. The second-order valence-electron chi connectivity index (χ2n) is 11.8. The summed E-state index contributed by atoms with van der Waals surface area (Å²) in [5.74, 6) is 0. The van der Waals surface area contributed by atoms with Crippen molar-refractivity contribution >= 4 is 64.6 Å². The Morgan fingerprint density at radius 3 is 1.74 bits per heavy atom. The zero-order valence-corrected chi connectivity index (χ0v) is 25.0. The molecule has 0 spiro atoms. The van der Waals surface area contributed by atoms with Crippen LogP contribution in [0.15, 0.2) is 163 Å². The van der Waals surface area contributed by atoms with Gasteiger partial charge in [0.1, 0.15) is 0 Å². The minimum absolute atomic E-state index is 0.0776. The molecule has 0 heterocycles. The first-order valence-corrected chi connectivity index (χ1v) is 15.3. The maximum atomic E-state index is 9.71. The smallest absolute Gasteiger partial charge is 0.0622 e. The molecule has 0 bridgehead atoms. The van der Waals surface area contributed by atoms with Crippen LogP contribution in [-0.4, -0.2) is 0 Å². The summed E-state index contributed by atoms with van der Waals surface area (Å²) in [6.07, 6.45) is 0. The summed E-state index contributed by atoms with van der Waals surface area (Å²) in [4.78, 5) is 0. The van der Waals surface area contributed by atoms with E-state index in [-0.39, 0.29) is 55.1 Å². The van der Waals surface area contributed by atoms with Gasteiger partial charge in [-0.1, -0.05) is 163 Å². The van der Waals surface area contributed by atoms with Crippen LogP contribution in [0.25, 0.3) is 98.0 Å². The van der Waals surface area contributed by atoms with Crippen molar-refractivity contribution in [1.82, 2.24) is 0 Å². The lowest BCUT2D eigenvalue weighted by Gasteiger charge is -2.22. The average molecular weight is 609 g/mol. The molecule has 0 fully saturated rings. The van der Waals surface area contributed by atoms with Gasteiger partial charge in [-0.2, -0.15) is 0 Å². The van der Waals surface area contributed by atoms with E-state index in [1.165, 1.54) is 0 Å². The van der Waals surface area contributed by atoms with E-state index in [2.05, 4.69) is 18.2 Å². The van der Waals surface area contributed by atoms with Crippen LogP contribution in [0, 0.1) is 6.92 Å². The molecule has 218 valence electrons. The highest BCUT2D eigenvalue weighted by atomic mass is 14.2. The third-order valence-electron chi connectivity index (χ3n) is 9.33. The lowest BCUT2D eigenvalue weighted by molar-refractivity contribution is 1.54. The predicted octanol–water partition coefficient (Wildman–Crippen LogP) is 13.4. The first-order chi connectivity index (χ1) is 29.1. The minimum Gasteiger partial charge on any atom is -0.0622 e. The van der Waals surface area contributed by atoms with E-state index in [1.807, 2.05) is 60.7 Å². The van der Waals surface area contributed by atoms with Crippen LogP contribution in [0.1, 0.15) is 24.8 Å². The van der Waals surface area contributed by atoms with E-state index in [4.69, 9.17) is 13.7 Å². The van der Waals surface area contributed by atoms with Gasteiger partial charge >= 0.3 is 0 Å². The second-order valence-corrected chi connectivity index (χ2v) is 11.8. The molecule has 10 aromatic rings. The van der Waals surface area contributed by atoms with Crippen LogP contribution in [0.3, 0.4) is 0 Å². The number of fused-ring (bicyclic) bond motifs is 4. The van der Waals surface area contributed by atoms with Crippen LogP contribution in [0.5, 0.6) is 0 Å². The molecule has 10 aromatic carbocycles. The van der Waals surface area contributed by atoms with Gasteiger partial charge in [-0.05, 0) is 111 Å². The van der Waals surface area contributed by atoms with Crippen molar-refractivity contribution < 1.29 is 19.2 Å². The van der Waals surface area contributed by atoms with Gasteiger partial charge in [0.2, 0.25) is 0 Å². The first-order valence-electron chi connectivity index (χ1n) is 22.3. The van der Waals surface area contributed by atoms with E-state index in [0.717, 1.165) is 38.1 Å². The highest BCUT2D eigenvalue weighted by molar-refractivity contribution is 6.33. The van der Waals surface area contributed by atoms with E-state index in [9.17, 15) is 5.48 Å². The van der Waals surface area contributed by atoms with E-state index >= 15 is 0 Å². The van der Waals surface area contributed by atoms with E-state index < -0.39 is 84.1 Å². The maximum Gasteiger partial charge on any atom is 0.0630 e. The van der Waals surface area contributed by atoms with Crippen molar-refractivity contribution in [2.75, 3.05) is 0 Å². The van der Waals surface area contributed by atoms with Gasteiger partial charge in [0.25, 0.3) is 0 Å². The monoisotopic (exact) mass is 608 g/mol.